The molecule has 128 valence electrons. The Bertz CT molecular complexity index is 715. The van der Waals surface area contributed by atoms with Crippen molar-refractivity contribution in [2.75, 3.05) is 25.0 Å². The zero-order valence-corrected chi connectivity index (χ0v) is 15.5. The zero-order valence-electron chi connectivity index (χ0n) is 13.9. The molecule has 0 spiro atoms. The molecule has 1 unspecified atom stereocenters. The van der Waals surface area contributed by atoms with Crippen molar-refractivity contribution in [2.24, 2.45) is 4.99 Å². The van der Waals surface area contributed by atoms with Gasteiger partial charge < -0.3 is 15.5 Å². The molecule has 1 aromatic heterocycles. The minimum absolute atomic E-state index is 0.369. The van der Waals surface area contributed by atoms with E-state index in [1.165, 1.54) is 5.69 Å². The fraction of sp³-hybridized carbons (Fsp3) is 0.412. The Morgan fingerprint density at radius 3 is 3.08 bits per heavy atom. The van der Waals surface area contributed by atoms with E-state index >= 15 is 0 Å². The lowest BCUT2D eigenvalue weighted by Crippen LogP contribution is -2.44. The minimum atomic E-state index is 0.369. The van der Waals surface area contributed by atoms with E-state index in [4.69, 9.17) is 11.6 Å². The van der Waals surface area contributed by atoms with Crippen molar-refractivity contribution in [3.05, 3.63) is 45.4 Å². The SMILES string of the molecule is CN=C(NCc1nc(C)cs1)NC1CCN(c2cccc(Cl)c2)C1. The number of hydrogen-bond acceptors (Lipinski definition) is 4. The lowest BCUT2D eigenvalue weighted by Gasteiger charge is -2.20. The van der Waals surface area contributed by atoms with Crippen LogP contribution in [0.3, 0.4) is 0 Å². The third kappa shape index (κ3) is 4.39. The third-order valence-electron chi connectivity index (χ3n) is 4.00. The Balaban J connectivity index is 1.52. The molecule has 0 radical (unpaired) electrons. The van der Waals surface area contributed by atoms with Gasteiger partial charge in [0.1, 0.15) is 5.01 Å². The quantitative estimate of drug-likeness (QED) is 0.647. The lowest BCUT2D eigenvalue weighted by atomic mass is 10.3. The number of aryl methyl sites for hydroxylation is 1. The first-order chi connectivity index (χ1) is 11.6. The van der Waals surface area contributed by atoms with E-state index in [9.17, 15) is 0 Å². The highest BCUT2D eigenvalue weighted by Gasteiger charge is 2.23. The molecule has 0 bridgehead atoms. The zero-order chi connectivity index (χ0) is 16.9. The number of aromatic nitrogens is 1. The maximum absolute atomic E-state index is 6.09. The molecule has 1 atom stereocenters. The van der Waals surface area contributed by atoms with Gasteiger partial charge in [0.25, 0.3) is 0 Å². The summed E-state index contributed by atoms with van der Waals surface area (Å²) in [6.07, 6.45) is 1.07. The number of thiazole rings is 1. The van der Waals surface area contributed by atoms with Gasteiger partial charge in [-0.05, 0) is 31.5 Å². The van der Waals surface area contributed by atoms with E-state index < -0.39 is 0 Å². The van der Waals surface area contributed by atoms with Gasteiger partial charge in [-0.3, -0.25) is 4.99 Å². The van der Waals surface area contributed by atoms with Crippen molar-refractivity contribution in [1.82, 2.24) is 15.6 Å². The van der Waals surface area contributed by atoms with Crippen LogP contribution in [-0.2, 0) is 6.54 Å². The van der Waals surface area contributed by atoms with Crippen LogP contribution >= 0.6 is 22.9 Å². The van der Waals surface area contributed by atoms with Crippen molar-refractivity contribution < 1.29 is 0 Å². The summed E-state index contributed by atoms with van der Waals surface area (Å²) in [5, 5.41) is 10.7. The number of aliphatic imine (C=N–C) groups is 1. The summed E-state index contributed by atoms with van der Waals surface area (Å²) in [5.74, 6) is 0.820. The van der Waals surface area contributed by atoms with Gasteiger partial charge in [-0.2, -0.15) is 0 Å². The van der Waals surface area contributed by atoms with Crippen LogP contribution in [0.15, 0.2) is 34.6 Å². The molecule has 1 aromatic carbocycles. The van der Waals surface area contributed by atoms with Crippen molar-refractivity contribution in [1.29, 1.82) is 0 Å². The Morgan fingerprint density at radius 2 is 2.38 bits per heavy atom. The van der Waals surface area contributed by atoms with Crippen LogP contribution < -0.4 is 15.5 Å². The number of rotatable bonds is 4. The highest BCUT2D eigenvalue weighted by atomic mass is 35.5. The van der Waals surface area contributed by atoms with Crippen LogP contribution in [0, 0.1) is 6.92 Å². The Hall–Kier alpha value is -1.79. The van der Waals surface area contributed by atoms with Gasteiger partial charge in [0.05, 0.1) is 6.54 Å². The number of benzene rings is 1. The lowest BCUT2D eigenvalue weighted by molar-refractivity contribution is 0.648. The maximum atomic E-state index is 6.09. The number of nitrogens with one attached hydrogen (secondary N) is 2. The first-order valence-corrected chi connectivity index (χ1v) is 9.28. The van der Waals surface area contributed by atoms with Crippen LogP contribution in [0.1, 0.15) is 17.1 Å². The second kappa shape index (κ2) is 7.85. The van der Waals surface area contributed by atoms with Crippen LogP contribution in [0.4, 0.5) is 5.69 Å². The molecule has 2 aromatic rings. The normalized spacial score (nSPS) is 18.0. The molecule has 0 saturated carbocycles. The topological polar surface area (TPSA) is 52.6 Å². The van der Waals surface area contributed by atoms with E-state index in [2.05, 4.69) is 37.0 Å². The number of guanidine groups is 1. The summed E-state index contributed by atoms with van der Waals surface area (Å²) in [6, 6.07) is 8.39. The molecule has 3 rings (SSSR count). The first kappa shape index (κ1) is 17.0. The van der Waals surface area contributed by atoms with Crippen LogP contribution in [0.25, 0.3) is 0 Å². The van der Waals surface area contributed by atoms with Crippen LogP contribution in [0.5, 0.6) is 0 Å². The summed E-state index contributed by atoms with van der Waals surface area (Å²) in [5.41, 5.74) is 2.24. The molecule has 1 saturated heterocycles. The minimum Gasteiger partial charge on any atom is -0.369 e. The smallest absolute Gasteiger partial charge is 0.191 e. The Kier molecular flexibility index (Phi) is 5.58. The molecule has 24 heavy (non-hydrogen) atoms. The molecule has 2 heterocycles. The molecule has 1 aliphatic rings. The summed E-state index contributed by atoms with van der Waals surface area (Å²) in [6.45, 7) is 4.66. The van der Waals surface area contributed by atoms with Crippen LogP contribution in [-0.4, -0.2) is 37.1 Å². The Labute approximate surface area is 151 Å². The summed E-state index contributed by atoms with van der Waals surface area (Å²) in [7, 11) is 1.80. The average Bonchev–Trinajstić information content (AvgIpc) is 3.20. The summed E-state index contributed by atoms with van der Waals surface area (Å²) < 4.78 is 0. The molecule has 2 N–H and O–H groups in total. The molecule has 1 aliphatic heterocycles. The van der Waals surface area contributed by atoms with Gasteiger partial charge in [0.15, 0.2) is 5.96 Å². The maximum Gasteiger partial charge on any atom is 0.191 e. The van der Waals surface area contributed by atoms with E-state index in [0.717, 1.165) is 41.2 Å². The molecular weight excluding hydrogens is 342 g/mol. The number of nitrogens with zero attached hydrogens (tertiary/aromatic N) is 3. The fourth-order valence-corrected chi connectivity index (χ4v) is 3.71. The van der Waals surface area contributed by atoms with Gasteiger partial charge in [0, 0.05) is 48.0 Å². The van der Waals surface area contributed by atoms with E-state index in [1.54, 1.807) is 18.4 Å². The number of hydrogen-bond donors (Lipinski definition) is 2. The van der Waals surface area contributed by atoms with E-state index in [-0.39, 0.29) is 0 Å². The summed E-state index contributed by atoms with van der Waals surface area (Å²) in [4.78, 5) is 11.1. The van der Waals surface area contributed by atoms with Crippen LogP contribution in [0.2, 0.25) is 5.02 Å². The molecule has 0 aliphatic carbocycles. The van der Waals surface area contributed by atoms with Gasteiger partial charge in [0.2, 0.25) is 0 Å². The second-order valence-corrected chi connectivity index (χ2v) is 7.24. The highest BCUT2D eigenvalue weighted by molar-refractivity contribution is 7.09. The highest BCUT2D eigenvalue weighted by Crippen LogP contribution is 2.23. The second-order valence-electron chi connectivity index (χ2n) is 5.86. The van der Waals surface area contributed by atoms with Gasteiger partial charge in [-0.25, -0.2) is 4.98 Å². The van der Waals surface area contributed by atoms with Crippen molar-refractivity contribution in [3.63, 3.8) is 0 Å². The first-order valence-electron chi connectivity index (χ1n) is 8.03. The average molecular weight is 364 g/mol. The van der Waals surface area contributed by atoms with E-state index in [0.29, 0.717) is 12.6 Å². The van der Waals surface area contributed by atoms with Gasteiger partial charge >= 0.3 is 0 Å². The van der Waals surface area contributed by atoms with Gasteiger partial charge in [-0.15, -0.1) is 11.3 Å². The number of halogens is 1. The molecule has 1 fully saturated rings. The third-order valence-corrected chi connectivity index (χ3v) is 5.20. The monoisotopic (exact) mass is 363 g/mol. The van der Waals surface area contributed by atoms with E-state index in [1.807, 2.05) is 25.1 Å². The standard InChI is InChI=1S/C17H22ClN5S/c1-12-11-24-16(21-12)9-20-17(19-2)22-14-6-7-23(10-14)15-5-3-4-13(18)8-15/h3-5,8,11,14H,6-7,9-10H2,1-2H3,(H2,19,20,22). The van der Waals surface area contributed by atoms with Crippen molar-refractivity contribution in [3.8, 4) is 0 Å². The van der Waals surface area contributed by atoms with Gasteiger partial charge in [-0.1, -0.05) is 17.7 Å². The Morgan fingerprint density at radius 1 is 1.50 bits per heavy atom. The molecule has 5 nitrogen and oxygen atoms in total. The van der Waals surface area contributed by atoms with Crippen molar-refractivity contribution >= 4 is 34.6 Å². The predicted octanol–water partition coefficient (Wildman–Crippen LogP) is 3.05. The number of anilines is 1. The largest absolute Gasteiger partial charge is 0.369 e. The molecule has 7 heteroatoms. The fourth-order valence-electron chi connectivity index (χ4n) is 2.82. The van der Waals surface area contributed by atoms with Crippen molar-refractivity contribution in [2.45, 2.75) is 25.9 Å². The molecule has 0 amide bonds. The predicted molar refractivity (Wildman–Crippen MR) is 102 cm³/mol. The summed E-state index contributed by atoms with van der Waals surface area (Å²) >= 11 is 7.76. The molecular formula is C17H22ClN5S.